The van der Waals surface area contributed by atoms with Crippen LogP contribution in [0.1, 0.15) is 25.7 Å². The molecule has 2 saturated heterocycles. The quantitative estimate of drug-likeness (QED) is 0.813. The van der Waals surface area contributed by atoms with E-state index in [9.17, 15) is 9.59 Å². The Kier molecular flexibility index (Phi) is 5.48. The molecule has 3 atom stereocenters. The molecule has 3 amide bonds. The van der Waals surface area contributed by atoms with Gasteiger partial charge >= 0.3 is 6.03 Å². The highest BCUT2D eigenvalue weighted by Gasteiger charge is 2.42. The van der Waals surface area contributed by atoms with Crippen molar-refractivity contribution in [2.24, 2.45) is 17.8 Å². The first-order chi connectivity index (χ1) is 12.0. The Morgan fingerprint density at radius 2 is 1.92 bits per heavy atom. The Bertz CT molecular complexity index is 544. The largest absolute Gasteiger partial charge is 0.331 e. The monoisotopic (exact) mass is 347 g/mol. The van der Waals surface area contributed by atoms with Gasteiger partial charge in [0, 0.05) is 33.7 Å². The summed E-state index contributed by atoms with van der Waals surface area (Å²) in [4.78, 5) is 29.6. The van der Waals surface area contributed by atoms with Crippen molar-refractivity contribution >= 4 is 11.9 Å². The molecule has 2 aliphatic heterocycles. The highest BCUT2D eigenvalue weighted by atomic mass is 16.2. The number of hydrogen-bond donors (Lipinski definition) is 1. The molecule has 0 aromatic carbocycles. The number of fused-ring (bicyclic) bond motifs is 1. The van der Waals surface area contributed by atoms with E-state index in [0.717, 1.165) is 45.3 Å². The van der Waals surface area contributed by atoms with Gasteiger partial charge in [0.15, 0.2) is 0 Å². The number of hydrogen-bond acceptors (Lipinski definition) is 4. The fourth-order valence-electron chi connectivity index (χ4n) is 4.72. The van der Waals surface area contributed by atoms with Crippen molar-refractivity contribution in [3.05, 3.63) is 0 Å². The second kappa shape index (κ2) is 7.61. The molecule has 7 nitrogen and oxygen atoms in total. The van der Waals surface area contributed by atoms with Crippen LogP contribution in [-0.4, -0.2) is 79.5 Å². The summed E-state index contributed by atoms with van der Waals surface area (Å²) in [5.41, 5.74) is 0. The van der Waals surface area contributed by atoms with Gasteiger partial charge in [-0.1, -0.05) is 0 Å². The van der Waals surface area contributed by atoms with Gasteiger partial charge in [0.1, 0.15) is 6.04 Å². The van der Waals surface area contributed by atoms with Gasteiger partial charge in [-0.15, -0.1) is 0 Å². The minimum absolute atomic E-state index is 0.0463. The number of likely N-dealkylation sites (tertiary alicyclic amines) is 2. The number of nitrogens with one attached hydrogen (secondary N) is 1. The van der Waals surface area contributed by atoms with Crippen LogP contribution in [0, 0.1) is 29.1 Å². The zero-order valence-electron chi connectivity index (χ0n) is 15.3. The maximum absolute atomic E-state index is 12.2. The Hall–Kier alpha value is -1.81. The minimum atomic E-state index is -0.236. The predicted molar refractivity (Wildman–Crippen MR) is 93.6 cm³/mol. The molecule has 3 unspecified atom stereocenters. The number of nitriles is 1. The molecule has 0 aromatic rings. The molecule has 0 bridgehead atoms. The lowest BCUT2D eigenvalue weighted by Crippen LogP contribution is -2.41. The molecule has 1 aliphatic carbocycles. The van der Waals surface area contributed by atoms with Gasteiger partial charge in [0.2, 0.25) is 5.91 Å². The summed E-state index contributed by atoms with van der Waals surface area (Å²) in [6, 6.07) is 2.10. The van der Waals surface area contributed by atoms with E-state index in [2.05, 4.69) is 11.4 Å². The third-order valence-electron chi connectivity index (χ3n) is 5.93. The molecule has 3 fully saturated rings. The zero-order valence-corrected chi connectivity index (χ0v) is 15.3. The van der Waals surface area contributed by atoms with Crippen molar-refractivity contribution in [3.63, 3.8) is 0 Å². The molecule has 0 spiro atoms. The third kappa shape index (κ3) is 3.90. The average molecular weight is 347 g/mol. The maximum atomic E-state index is 12.2. The summed E-state index contributed by atoms with van der Waals surface area (Å²) in [7, 11) is 3.61. The van der Waals surface area contributed by atoms with Crippen molar-refractivity contribution < 1.29 is 9.59 Å². The third-order valence-corrected chi connectivity index (χ3v) is 5.93. The molecule has 1 N–H and O–H groups in total. The van der Waals surface area contributed by atoms with Crippen LogP contribution in [0.5, 0.6) is 0 Å². The van der Waals surface area contributed by atoms with Crippen LogP contribution in [0.3, 0.4) is 0 Å². The van der Waals surface area contributed by atoms with E-state index in [1.165, 1.54) is 0 Å². The summed E-state index contributed by atoms with van der Waals surface area (Å²) in [5, 5.41) is 12.4. The van der Waals surface area contributed by atoms with E-state index in [0.29, 0.717) is 30.8 Å². The van der Waals surface area contributed by atoms with Crippen molar-refractivity contribution in [2.45, 2.75) is 31.7 Å². The summed E-state index contributed by atoms with van der Waals surface area (Å²) >= 11 is 0. The van der Waals surface area contributed by atoms with Crippen LogP contribution in [0.2, 0.25) is 0 Å². The maximum Gasteiger partial charge on any atom is 0.319 e. The van der Waals surface area contributed by atoms with E-state index >= 15 is 0 Å². The first kappa shape index (κ1) is 18.0. The van der Waals surface area contributed by atoms with Crippen molar-refractivity contribution in [1.82, 2.24) is 20.0 Å². The van der Waals surface area contributed by atoms with Crippen molar-refractivity contribution in [2.75, 3.05) is 46.8 Å². The zero-order chi connectivity index (χ0) is 18.0. The number of rotatable bonds is 4. The average Bonchev–Trinajstić information content (AvgIpc) is 3.27. The number of carbonyl (C=O) groups is 2. The standard InChI is InChI=1S/C18H29N5O2/c1-21(2)18(25)22-11-14-6-13(7-15(14)12-22)9-20-10-17(24)23-5-3-4-16(23)8-19/h13-16,20H,3-7,9-12H2,1-2H3. The predicted octanol–water partition coefficient (Wildman–Crippen LogP) is 0.730. The van der Waals surface area contributed by atoms with Gasteiger partial charge < -0.3 is 20.0 Å². The van der Waals surface area contributed by atoms with Crippen molar-refractivity contribution in [1.29, 1.82) is 5.26 Å². The fraction of sp³-hybridized carbons (Fsp3) is 0.833. The van der Waals surface area contributed by atoms with E-state index in [1.807, 2.05) is 4.90 Å². The van der Waals surface area contributed by atoms with Gasteiger partial charge in [-0.25, -0.2) is 4.79 Å². The normalized spacial score (nSPS) is 31.1. The Morgan fingerprint density at radius 3 is 2.52 bits per heavy atom. The summed E-state index contributed by atoms with van der Waals surface area (Å²) in [6.07, 6.45) is 4.00. The molecule has 25 heavy (non-hydrogen) atoms. The lowest BCUT2D eigenvalue weighted by molar-refractivity contribution is -0.130. The van der Waals surface area contributed by atoms with Gasteiger partial charge in [-0.2, -0.15) is 5.26 Å². The molecule has 3 rings (SSSR count). The molecule has 7 heteroatoms. The lowest BCUT2D eigenvalue weighted by Gasteiger charge is -2.23. The molecule has 1 saturated carbocycles. The first-order valence-corrected chi connectivity index (χ1v) is 9.35. The van der Waals surface area contributed by atoms with Crippen LogP contribution >= 0.6 is 0 Å². The molecule has 0 aromatic heterocycles. The van der Waals surface area contributed by atoms with Crippen LogP contribution in [0.4, 0.5) is 4.79 Å². The highest BCUT2D eigenvalue weighted by Crippen LogP contribution is 2.41. The summed E-state index contributed by atoms with van der Waals surface area (Å²) in [6.45, 7) is 3.63. The Labute approximate surface area is 149 Å². The summed E-state index contributed by atoms with van der Waals surface area (Å²) in [5.74, 6) is 1.84. The number of urea groups is 1. The number of carbonyl (C=O) groups excluding carboxylic acids is 2. The summed E-state index contributed by atoms with van der Waals surface area (Å²) < 4.78 is 0. The molecule has 2 heterocycles. The second-order valence-corrected chi connectivity index (χ2v) is 7.94. The molecular weight excluding hydrogens is 318 g/mol. The molecule has 0 radical (unpaired) electrons. The molecule has 3 aliphatic rings. The second-order valence-electron chi connectivity index (χ2n) is 7.94. The minimum Gasteiger partial charge on any atom is -0.331 e. The van der Waals surface area contributed by atoms with E-state index in [4.69, 9.17) is 5.26 Å². The fourth-order valence-corrected chi connectivity index (χ4v) is 4.72. The van der Waals surface area contributed by atoms with Crippen LogP contribution in [0.25, 0.3) is 0 Å². The highest BCUT2D eigenvalue weighted by molar-refractivity contribution is 5.79. The van der Waals surface area contributed by atoms with Crippen LogP contribution < -0.4 is 5.32 Å². The SMILES string of the molecule is CN(C)C(=O)N1CC2CC(CNCC(=O)N3CCCC3C#N)CC2C1. The Morgan fingerprint density at radius 1 is 1.24 bits per heavy atom. The van der Waals surface area contributed by atoms with E-state index < -0.39 is 0 Å². The molecule has 138 valence electrons. The molecular formula is C18H29N5O2. The van der Waals surface area contributed by atoms with Crippen LogP contribution in [-0.2, 0) is 4.79 Å². The van der Waals surface area contributed by atoms with Gasteiger partial charge in [-0.3, -0.25) is 4.79 Å². The van der Waals surface area contributed by atoms with E-state index in [1.54, 1.807) is 23.9 Å². The van der Waals surface area contributed by atoms with Crippen molar-refractivity contribution in [3.8, 4) is 6.07 Å². The van der Waals surface area contributed by atoms with Gasteiger partial charge in [0.25, 0.3) is 0 Å². The van der Waals surface area contributed by atoms with Gasteiger partial charge in [0.05, 0.1) is 12.6 Å². The number of nitrogens with zero attached hydrogens (tertiary/aromatic N) is 4. The first-order valence-electron chi connectivity index (χ1n) is 9.35. The smallest absolute Gasteiger partial charge is 0.319 e. The number of amides is 3. The topological polar surface area (TPSA) is 79.7 Å². The Balaban J connectivity index is 1.37. The van der Waals surface area contributed by atoms with Crippen LogP contribution in [0.15, 0.2) is 0 Å². The van der Waals surface area contributed by atoms with E-state index in [-0.39, 0.29) is 18.0 Å². The van der Waals surface area contributed by atoms with Gasteiger partial charge in [-0.05, 0) is 50.0 Å². The lowest BCUT2D eigenvalue weighted by atomic mass is 10.0.